The molecule has 0 spiro atoms. The SMILES string of the molecule is CC1(O)CCN(C(=O)COc2ccccc2)C1. The normalized spacial score (nSPS) is 23.8. The predicted molar refractivity (Wildman–Crippen MR) is 63.8 cm³/mol. The second-order valence-electron chi connectivity index (χ2n) is 4.66. The molecule has 1 unspecified atom stereocenters. The zero-order valence-corrected chi connectivity index (χ0v) is 9.93. The number of ether oxygens (including phenoxy) is 1. The third kappa shape index (κ3) is 3.20. The summed E-state index contributed by atoms with van der Waals surface area (Å²) < 4.78 is 5.38. The van der Waals surface area contributed by atoms with Gasteiger partial charge in [0.15, 0.2) is 6.61 Å². The van der Waals surface area contributed by atoms with Crippen molar-refractivity contribution in [1.29, 1.82) is 0 Å². The van der Waals surface area contributed by atoms with Crippen molar-refractivity contribution in [2.45, 2.75) is 18.9 Å². The van der Waals surface area contributed by atoms with E-state index in [-0.39, 0.29) is 12.5 Å². The maximum atomic E-state index is 11.8. The number of benzene rings is 1. The van der Waals surface area contributed by atoms with Crippen LogP contribution in [-0.2, 0) is 4.79 Å². The van der Waals surface area contributed by atoms with Gasteiger partial charge >= 0.3 is 0 Å². The first-order valence-electron chi connectivity index (χ1n) is 5.75. The number of para-hydroxylation sites is 1. The Morgan fingerprint density at radius 1 is 1.47 bits per heavy atom. The second kappa shape index (κ2) is 4.75. The summed E-state index contributed by atoms with van der Waals surface area (Å²) in [6.45, 7) is 2.77. The van der Waals surface area contributed by atoms with Crippen molar-refractivity contribution in [2.75, 3.05) is 19.7 Å². The van der Waals surface area contributed by atoms with Gasteiger partial charge in [-0.25, -0.2) is 0 Å². The number of hydrogen-bond donors (Lipinski definition) is 1. The molecule has 92 valence electrons. The van der Waals surface area contributed by atoms with Gasteiger partial charge in [0.2, 0.25) is 0 Å². The molecular formula is C13H17NO3. The van der Waals surface area contributed by atoms with E-state index in [1.54, 1.807) is 11.8 Å². The van der Waals surface area contributed by atoms with Crippen molar-refractivity contribution < 1.29 is 14.6 Å². The average molecular weight is 235 g/mol. The summed E-state index contributed by atoms with van der Waals surface area (Å²) in [7, 11) is 0. The summed E-state index contributed by atoms with van der Waals surface area (Å²) >= 11 is 0. The summed E-state index contributed by atoms with van der Waals surface area (Å²) in [5, 5.41) is 9.76. The lowest BCUT2D eigenvalue weighted by molar-refractivity contribution is -0.133. The Balaban J connectivity index is 1.83. The molecule has 2 rings (SSSR count). The molecule has 0 radical (unpaired) electrons. The van der Waals surface area contributed by atoms with Gasteiger partial charge in [0, 0.05) is 13.1 Å². The molecule has 1 saturated heterocycles. The van der Waals surface area contributed by atoms with E-state index in [0.29, 0.717) is 25.3 Å². The molecule has 1 fully saturated rings. The Labute approximate surface area is 101 Å². The third-order valence-electron chi connectivity index (χ3n) is 2.91. The molecule has 4 heteroatoms. The molecule has 0 saturated carbocycles. The van der Waals surface area contributed by atoms with Crippen molar-refractivity contribution >= 4 is 5.91 Å². The molecule has 0 aliphatic carbocycles. The first-order valence-corrected chi connectivity index (χ1v) is 5.75. The Morgan fingerprint density at radius 2 is 2.18 bits per heavy atom. The van der Waals surface area contributed by atoms with Gasteiger partial charge in [0.1, 0.15) is 5.75 Å². The van der Waals surface area contributed by atoms with Gasteiger partial charge in [0.05, 0.1) is 5.60 Å². The molecule has 1 N–H and O–H groups in total. The molecule has 17 heavy (non-hydrogen) atoms. The summed E-state index contributed by atoms with van der Waals surface area (Å²) in [6.07, 6.45) is 0.629. The zero-order chi connectivity index (χ0) is 12.3. The molecule has 0 aromatic heterocycles. The van der Waals surface area contributed by atoms with Crippen LogP contribution >= 0.6 is 0 Å². The van der Waals surface area contributed by atoms with Gasteiger partial charge in [-0.3, -0.25) is 4.79 Å². The number of likely N-dealkylation sites (tertiary alicyclic amines) is 1. The molecular weight excluding hydrogens is 218 g/mol. The van der Waals surface area contributed by atoms with Crippen molar-refractivity contribution in [1.82, 2.24) is 4.90 Å². The average Bonchev–Trinajstić information content (AvgIpc) is 2.68. The van der Waals surface area contributed by atoms with Crippen molar-refractivity contribution in [3.8, 4) is 5.75 Å². The van der Waals surface area contributed by atoms with Crippen LogP contribution in [0.4, 0.5) is 0 Å². The predicted octanol–water partition coefficient (Wildman–Crippen LogP) is 1.05. The Morgan fingerprint density at radius 3 is 2.76 bits per heavy atom. The van der Waals surface area contributed by atoms with Crippen LogP contribution in [0, 0.1) is 0 Å². The van der Waals surface area contributed by atoms with Crippen LogP contribution in [0.25, 0.3) is 0 Å². The smallest absolute Gasteiger partial charge is 0.260 e. The van der Waals surface area contributed by atoms with E-state index in [1.807, 2.05) is 30.3 Å². The highest BCUT2D eigenvalue weighted by molar-refractivity contribution is 5.78. The van der Waals surface area contributed by atoms with E-state index < -0.39 is 5.60 Å². The van der Waals surface area contributed by atoms with Gasteiger partial charge in [0.25, 0.3) is 5.91 Å². The highest BCUT2D eigenvalue weighted by atomic mass is 16.5. The van der Waals surface area contributed by atoms with E-state index >= 15 is 0 Å². The molecule has 1 aliphatic heterocycles. The molecule has 1 aromatic carbocycles. The first kappa shape index (κ1) is 11.9. The van der Waals surface area contributed by atoms with Crippen LogP contribution in [0.15, 0.2) is 30.3 Å². The van der Waals surface area contributed by atoms with E-state index in [1.165, 1.54) is 0 Å². The largest absolute Gasteiger partial charge is 0.484 e. The molecule has 1 heterocycles. The van der Waals surface area contributed by atoms with Crippen LogP contribution in [0.3, 0.4) is 0 Å². The summed E-state index contributed by atoms with van der Waals surface area (Å²) in [5.74, 6) is 0.610. The number of rotatable bonds is 3. The number of amides is 1. The summed E-state index contributed by atoms with van der Waals surface area (Å²) in [5.41, 5.74) is -0.748. The number of nitrogens with zero attached hydrogens (tertiary/aromatic N) is 1. The zero-order valence-electron chi connectivity index (χ0n) is 9.93. The van der Waals surface area contributed by atoms with E-state index in [2.05, 4.69) is 0 Å². The van der Waals surface area contributed by atoms with Gasteiger partial charge < -0.3 is 14.7 Å². The van der Waals surface area contributed by atoms with Crippen LogP contribution in [-0.4, -0.2) is 41.2 Å². The molecule has 1 aliphatic rings. The lowest BCUT2D eigenvalue weighted by Gasteiger charge is -2.19. The van der Waals surface area contributed by atoms with Gasteiger partial charge in [-0.15, -0.1) is 0 Å². The molecule has 1 amide bonds. The standard InChI is InChI=1S/C13H17NO3/c1-13(16)7-8-14(10-13)12(15)9-17-11-5-3-2-4-6-11/h2-6,16H,7-10H2,1H3. The molecule has 1 aromatic rings. The van der Waals surface area contributed by atoms with Crippen LogP contribution in [0.1, 0.15) is 13.3 Å². The fourth-order valence-electron chi connectivity index (χ4n) is 1.91. The second-order valence-corrected chi connectivity index (χ2v) is 4.66. The number of carbonyl (C=O) groups is 1. The maximum absolute atomic E-state index is 11.8. The van der Waals surface area contributed by atoms with E-state index in [4.69, 9.17) is 4.74 Å². The number of hydrogen-bond acceptors (Lipinski definition) is 3. The first-order chi connectivity index (χ1) is 8.07. The van der Waals surface area contributed by atoms with E-state index in [0.717, 1.165) is 0 Å². The minimum atomic E-state index is -0.748. The van der Waals surface area contributed by atoms with Crippen molar-refractivity contribution in [2.24, 2.45) is 0 Å². The highest BCUT2D eigenvalue weighted by Gasteiger charge is 2.33. The summed E-state index contributed by atoms with van der Waals surface area (Å²) in [4.78, 5) is 13.4. The van der Waals surface area contributed by atoms with Crippen LogP contribution < -0.4 is 4.74 Å². The van der Waals surface area contributed by atoms with Crippen molar-refractivity contribution in [3.05, 3.63) is 30.3 Å². The Kier molecular flexibility index (Phi) is 3.33. The quantitative estimate of drug-likeness (QED) is 0.852. The minimum Gasteiger partial charge on any atom is -0.484 e. The maximum Gasteiger partial charge on any atom is 0.260 e. The molecule has 1 atom stereocenters. The lowest BCUT2D eigenvalue weighted by atomic mass is 10.1. The summed E-state index contributed by atoms with van der Waals surface area (Å²) in [6, 6.07) is 9.24. The fraction of sp³-hybridized carbons (Fsp3) is 0.462. The van der Waals surface area contributed by atoms with Gasteiger partial charge in [-0.1, -0.05) is 18.2 Å². The van der Waals surface area contributed by atoms with Crippen molar-refractivity contribution in [3.63, 3.8) is 0 Å². The van der Waals surface area contributed by atoms with Gasteiger partial charge in [-0.2, -0.15) is 0 Å². The fourth-order valence-corrected chi connectivity index (χ4v) is 1.91. The van der Waals surface area contributed by atoms with Gasteiger partial charge in [-0.05, 0) is 25.5 Å². The third-order valence-corrected chi connectivity index (χ3v) is 2.91. The topological polar surface area (TPSA) is 49.8 Å². The number of β-amino-alcohol motifs (C(OH)–C–C–N with tert-alkyl or cyclic N) is 1. The molecule has 4 nitrogen and oxygen atoms in total. The highest BCUT2D eigenvalue weighted by Crippen LogP contribution is 2.20. The van der Waals surface area contributed by atoms with Crippen LogP contribution in [0.2, 0.25) is 0 Å². The van der Waals surface area contributed by atoms with E-state index in [9.17, 15) is 9.90 Å². The Hall–Kier alpha value is -1.55. The number of carbonyl (C=O) groups excluding carboxylic acids is 1. The number of aliphatic hydroxyl groups is 1. The minimum absolute atomic E-state index is 0.0279. The Bertz CT molecular complexity index is 389. The van der Waals surface area contributed by atoms with Crippen LogP contribution in [0.5, 0.6) is 5.75 Å². The lowest BCUT2D eigenvalue weighted by Crippen LogP contribution is -2.36. The monoisotopic (exact) mass is 235 g/mol. The molecule has 0 bridgehead atoms.